The standard InChI is InChI=1S/C23H18ClN3O5/c1-13-17(24)7-5-9-18(13)27-22(30)16(21(29)25-23(27)31)10-14-11-26(12-20(28)32-2)19-8-4-3-6-15(14)19/h3-11H,12H2,1-2H3,(H,25,29,31)/b16-10+. The van der Waals surface area contributed by atoms with Crippen molar-refractivity contribution in [1.29, 1.82) is 0 Å². The van der Waals surface area contributed by atoms with Gasteiger partial charge in [-0.1, -0.05) is 35.9 Å². The summed E-state index contributed by atoms with van der Waals surface area (Å²) in [5, 5.41) is 3.32. The highest BCUT2D eigenvalue weighted by atomic mass is 35.5. The first kappa shape index (κ1) is 21.3. The van der Waals surface area contributed by atoms with E-state index in [0.717, 1.165) is 15.8 Å². The maximum absolute atomic E-state index is 13.2. The zero-order chi connectivity index (χ0) is 23.0. The van der Waals surface area contributed by atoms with Crippen LogP contribution in [0.25, 0.3) is 17.0 Å². The minimum absolute atomic E-state index is 0.0351. The Morgan fingerprint density at radius 1 is 1.12 bits per heavy atom. The predicted octanol–water partition coefficient (Wildman–Crippen LogP) is 3.44. The highest BCUT2D eigenvalue weighted by Gasteiger charge is 2.37. The molecule has 2 aromatic carbocycles. The van der Waals surface area contributed by atoms with Gasteiger partial charge in [-0.2, -0.15) is 0 Å². The molecule has 0 atom stereocenters. The molecule has 1 aromatic heterocycles. The number of carbonyl (C=O) groups excluding carboxylic acids is 4. The number of imide groups is 2. The number of nitrogens with one attached hydrogen (secondary N) is 1. The van der Waals surface area contributed by atoms with Crippen LogP contribution in [-0.4, -0.2) is 35.5 Å². The molecule has 8 nitrogen and oxygen atoms in total. The molecular weight excluding hydrogens is 434 g/mol. The molecule has 32 heavy (non-hydrogen) atoms. The lowest BCUT2D eigenvalue weighted by Gasteiger charge is -2.27. The molecule has 1 N–H and O–H groups in total. The maximum atomic E-state index is 13.2. The number of anilines is 1. The number of barbiturate groups is 1. The number of para-hydroxylation sites is 1. The highest BCUT2D eigenvalue weighted by molar-refractivity contribution is 6.40. The average molecular weight is 452 g/mol. The number of ether oxygens (including phenoxy) is 1. The Labute approximate surface area is 188 Å². The minimum Gasteiger partial charge on any atom is -0.468 e. The van der Waals surface area contributed by atoms with Gasteiger partial charge in [0.15, 0.2) is 0 Å². The largest absolute Gasteiger partial charge is 0.468 e. The highest BCUT2D eigenvalue weighted by Crippen LogP contribution is 2.30. The monoisotopic (exact) mass is 451 g/mol. The molecule has 1 fully saturated rings. The van der Waals surface area contributed by atoms with Gasteiger partial charge in [0.2, 0.25) is 0 Å². The minimum atomic E-state index is -0.851. The van der Waals surface area contributed by atoms with E-state index in [9.17, 15) is 19.2 Å². The summed E-state index contributed by atoms with van der Waals surface area (Å²) in [5.41, 5.74) is 1.87. The fraction of sp³-hybridized carbons (Fsp3) is 0.130. The normalized spacial score (nSPS) is 15.4. The molecule has 9 heteroatoms. The van der Waals surface area contributed by atoms with Gasteiger partial charge in [0.25, 0.3) is 11.8 Å². The second kappa shape index (κ2) is 8.32. The van der Waals surface area contributed by atoms with Crippen LogP contribution in [0, 0.1) is 6.92 Å². The molecular formula is C23H18ClN3O5. The number of methoxy groups -OCH3 is 1. The van der Waals surface area contributed by atoms with Crippen LogP contribution in [0.5, 0.6) is 0 Å². The smallest absolute Gasteiger partial charge is 0.335 e. The summed E-state index contributed by atoms with van der Waals surface area (Å²) in [5.74, 6) is -2.01. The van der Waals surface area contributed by atoms with E-state index < -0.39 is 23.8 Å². The van der Waals surface area contributed by atoms with E-state index in [1.165, 1.54) is 13.2 Å². The molecule has 1 aliphatic rings. The van der Waals surface area contributed by atoms with E-state index >= 15 is 0 Å². The van der Waals surface area contributed by atoms with E-state index in [4.69, 9.17) is 16.3 Å². The molecule has 2 heterocycles. The Balaban J connectivity index is 1.81. The SMILES string of the molecule is COC(=O)Cn1cc(/C=C2\C(=O)NC(=O)N(c3cccc(Cl)c3C)C2=O)c2ccccc21. The molecule has 4 rings (SSSR count). The van der Waals surface area contributed by atoms with Crippen molar-refractivity contribution in [3.05, 3.63) is 70.4 Å². The molecule has 4 amide bonds. The van der Waals surface area contributed by atoms with Crippen molar-refractivity contribution < 1.29 is 23.9 Å². The zero-order valence-corrected chi connectivity index (χ0v) is 18.0. The summed E-state index contributed by atoms with van der Waals surface area (Å²) in [6.45, 7) is 1.64. The van der Waals surface area contributed by atoms with Crippen molar-refractivity contribution in [2.24, 2.45) is 0 Å². The van der Waals surface area contributed by atoms with Crippen LogP contribution >= 0.6 is 11.6 Å². The summed E-state index contributed by atoms with van der Waals surface area (Å²) in [6.07, 6.45) is 3.06. The molecule has 0 spiro atoms. The van der Waals surface area contributed by atoms with Gasteiger partial charge in [-0.3, -0.25) is 19.7 Å². The number of hydrogen-bond acceptors (Lipinski definition) is 5. The number of urea groups is 1. The number of halogens is 1. The lowest BCUT2D eigenvalue weighted by molar-refractivity contribution is -0.141. The van der Waals surface area contributed by atoms with Gasteiger partial charge in [-0.25, -0.2) is 9.69 Å². The van der Waals surface area contributed by atoms with Crippen LogP contribution < -0.4 is 10.2 Å². The van der Waals surface area contributed by atoms with Gasteiger partial charge in [0.1, 0.15) is 12.1 Å². The van der Waals surface area contributed by atoms with Gasteiger partial charge >= 0.3 is 12.0 Å². The molecule has 0 aliphatic carbocycles. The zero-order valence-electron chi connectivity index (χ0n) is 17.2. The molecule has 162 valence electrons. The summed E-state index contributed by atoms with van der Waals surface area (Å²) in [4.78, 5) is 51.0. The van der Waals surface area contributed by atoms with Crippen LogP contribution in [0.1, 0.15) is 11.1 Å². The third-order valence-corrected chi connectivity index (χ3v) is 5.64. The van der Waals surface area contributed by atoms with E-state index in [1.54, 1.807) is 42.0 Å². The molecule has 1 aliphatic heterocycles. The number of hydrogen-bond donors (Lipinski definition) is 1. The first-order valence-electron chi connectivity index (χ1n) is 9.63. The van der Waals surface area contributed by atoms with Crippen molar-refractivity contribution in [2.45, 2.75) is 13.5 Å². The summed E-state index contributed by atoms with van der Waals surface area (Å²) >= 11 is 6.15. The van der Waals surface area contributed by atoms with Gasteiger partial charge in [-0.15, -0.1) is 0 Å². The second-order valence-corrected chi connectivity index (χ2v) is 7.55. The Hall–Kier alpha value is -3.91. The Morgan fingerprint density at radius 2 is 1.88 bits per heavy atom. The molecule has 1 saturated heterocycles. The van der Waals surface area contributed by atoms with Crippen molar-refractivity contribution in [1.82, 2.24) is 9.88 Å². The number of rotatable bonds is 4. The van der Waals surface area contributed by atoms with Crippen LogP contribution in [0.2, 0.25) is 5.02 Å². The number of carbonyl (C=O) groups is 4. The average Bonchev–Trinajstić information content (AvgIpc) is 3.11. The van der Waals surface area contributed by atoms with Crippen molar-refractivity contribution in [2.75, 3.05) is 12.0 Å². The lowest BCUT2D eigenvalue weighted by Crippen LogP contribution is -2.54. The Morgan fingerprint density at radius 3 is 2.62 bits per heavy atom. The molecule has 3 aromatic rings. The molecule has 0 radical (unpaired) electrons. The maximum Gasteiger partial charge on any atom is 0.335 e. The van der Waals surface area contributed by atoms with Gasteiger partial charge < -0.3 is 9.30 Å². The fourth-order valence-electron chi connectivity index (χ4n) is 3.59. The quantitative estimate of drug-likeness (QED) is 0.372. The van der Waals surface area contributed by atoms with E-state index in [-0.39, 0.29) is 17.8 Å². The topological polar surface area (TPSA) is 97.7 Å². The second-order valence-electron chi connectivity index (χ2n) is 7.15. The first-order valence-corrected chi connectivity index (χ1v) is 10.0. The molecule has 0 saturated carbocycles. The van der Waals surface area contributed by atoms with Gasteiger partial charge in [0, 0.05) is 27.7 Å². The Bertz CT molecular complexity index is 1320. The molecule has 0 bridgehead atoms. The van der Waals surface area contributed by atoms with E-state index in [0.29, 0.717) is 16.1 Å². The Kier molecular flexibility index (Phi) is 5.54. The summed E-state index contributed by atoms with van der Waals surface area (Å²) in [7, 11) is 1.30. The van der Waals surface area contributed by atoms with Gasteiger partial charge in [0.05, 0.1) is 12.8 Å². The summed E-state index contributed by atoms with van der Waals surface area (Å²) in [6, 6.07) is 11.2. The van der Waals surface area contributed by atoms with E-state index in [2.05, 4.69) is 5.32 Å². The predicted molar refractivity (Wildman–Crippen MR) is 119 cm³/mol. The number of fused-ring (bicyclic) bond motifs is 1. The fourth-order valence-corrected chi connectivity index (χ4v) is 3.76. The number of nitrogens with zero attached hydrogens (tertiary/aromatic N) is 2. The van der Waals surface area contributed by atoms with Crippen LogP contribution in [0.3, 0.4) is 0 Å². The number of aromatic nitrogens is 1. The van der Waals surface area contributed by atoms with Crippen LogP contribution in [0.15, 0.2) is 54.2 Å². The summed E-state index contributed by atoms with van der Waals surface area (Å²) < 4.78 is 6.41. The first-order chi connectivity index (χ1) is 15.3. The van der Waals surface area contributed by atoms with Crippen molar-refractivity contribution in [3.63, 3.8) is 0 Å². The van der Waals surface area contributed by atoms with Crippen molar-refractivity contribution in [3.8, 4) is 0 Å². The third kappa shape index (κ3) is 3.65. The third-order valence-electron chi connectivity index (χ3n) is 5.23. The molecule has 0 unspecified atom stereocenters. The number of esters is 1. The van der Waals surface area contributed by atoms with Crippen LogP contribution in [0.4, 0.5) is 10.5 Å². The van der Waals surface area contributed by atoms with Crippen molar-refractivity contribution >= 4 is 58.1 Å². The number of benzene rings is 2. The van der Waals surface area contributed by atoms with Crippen LogP contribution in [-0.2, 0) is 25.7 Å². The van der Waals surface area contributed by atoms with Gasteiger partial charge in [-0.05, 0) is 36.8 Å². The van der Waals surface area contributed by atoms with E-state index in [1.807, 2.05) is 18.2 Å². The number of amides is 4. The lowest BCUT2D eigenvalue weighted by atomic mass is 10.1.